The Morgan fingerprint density at radius 2 is 1.77 bits per heavy atom. The van der Waals surface area contributed by atoms with E-state index >= 15 is 0 Å². The van der Waals surface area contributed by atoms with Gasteiger partial charge in [-0.25, -0.2) is 0 Å². The highest BCUT2D eigenvalue weighted by Crippen LogP contribution is 2.48. The third-order valence-corrected chi connectivity index (χ3v) is 3.76. The largest absolute Gasteiger partial charge is 0.303 e. The fraction of sp³-hybridized carbons (Fsp3) is 0.750. The Balaban J connectivity index is 2.90. The van der Waals surface area contributed by atoms with Crippen LogP contribution >= 0.6 is 0 Å². The molecule has 0 bridgehead atoms. The van der Waals surface area contributed by atoms with Crippen molar-refractivity contribution in [1.29, 1.82) is 0 Å². The van der Waals surface area contributed by atoms with Crippen molar-refractivity contribution in [2.24, 2.45) is 10.8 Å². The van der Waals surface area contributed by atoms with Crippen molar-refractivity contribution in [2.75, 3.05) is 0 Å². The van der Waals surface area contributed by atoms with Gasteiger partial charge in [-0.2, -0.15) is 0 Å². The first-order valence-corrected chi connectivity index (χ1v) is 5.18. The van der Waals surface area contributed by atoms with E-state index in [0.717, 1.165) is 12.8 Å². The summed E-state index contributed by atoms with van der Waals surface area (Å²) in [7, 11) is 0. The van der Waals surface area contributed by atoms with Crippen LogP contribution in [0.1, 0.15) is 46.0 Å². The molecule has 0 aromatic carbocycles. The summed E-state index contributed by atoms with van der Waals surface area (Å²) in [5.74, 6) is 0. The van der Waals surface area contributed by atoms with Crippen LogP contribution in [0.4, 0.5) is 0 Å². The number of hydrogen-bond acceptors (Lipinski definition) is 1. The molecule has 1 fully saturated rings. The first-order chi connectivity index (χ1) is 6.08. The van der Waals surface area contributed by atoms with Gasteiger partial charge in [-0.15, -0.1) is 6.58 Å². The van der Waals surface area contributed by atoms with Crippen LogP contribution in [-0.4, -0.2) is 6.29 Å². The number of rotatable bonds is 3. The zero-order valence-corrected chi connectivity index (χ0v) is 8.81. The topological polar surface area (TPSA) is 17.1 Å². The molecule has 0 amide bonds. The molecule has 0 atom stereocenters. The predicted octanol–water partition coefficient (Wildman–Crippen LogP) is 3.35. The van der Waals surface area contributed by atoms with E-state index in [2.05, 4.69) is 20.4 Å². The molecule has 74 valence electrons. The van der Waals surface area contributed by atoms with E-state index in [1.165, 1.54) is 25.5 Å². The number of carbonyl (C=O) groups excluding carboxylic acids is 1. The molecule has 0 aromatic rings. The summed E-state index contributed by atoms with van der Waals surface area (Å²) in [4.78, 5) is 11.2. The Bertz CT molecular complexity index is 197. The van der Waals surface area contributed by atoms with Crippen LogP contribution in [0.15, 0.2) is 12.7 Å². The van der Waals surface area contributed by atoms with Crippen LogP contribution in [0.2, 0.25) is 0 Å². The summed E-state index contributed by atoms with van der Waals surface area (Å²) in [5.41, 5.74) is -0.178. The number of hydrogen-bond donors (Lipinski definition) is 0. The molecule has 0 unspecified atom stereocenters. The van der Waals surface area contributed by atoms with Crippen molar-refractivity contribution >= 4 is 6.29 Å². The Morgan fingerprint density at radius 3 is 2.15 bits per heavy atom. The van der Waals surface area contributed by atoms with Gasteiger partial charge in [-0.3, -0.25) is 0 Å². The SMILES string of the molecule is C=CC(C)(C)C1(C=O)CCCCC1. The van der Waals surface area contributed by atoms with Gasteiger partial charge in [-0.05, 0) is 18.3 Å². The summed E-state index contributed by atoms with van der Waals surface area (Å²) >= 11 is 0. The van der Waals surface area contributed by atoms with Crippen LogP contribution in [0.3, 0.4) is 0 Å². The minimum atomic E-state index is -0.132. The molecule has 0 saturated heterocycles. The van der Waals surface area contributed by atoms with E-state index in [9.17, 15) is 4.79 Å². The quantitative estimate of drug-likeness (QED) is 0.481. The smallest absolute Gasteiger partial charge is 0.126 e. The van der Waals surface area contributed by atoms with Gasteiger partial charge in [0.2, 0.25) is 0 Å². The van der Waals surface area contributed by atoms with E-state index in [1.54, 1.807) is 0 Å². The van der Waals surface area contributed by atoms with Crippen molar-refractivity contribution in [3.8, 4) is 0 Å². The van der Waals surface area contributed by atoms with E-state index in [-0.39, 0.29) is 10.8 Å². The molecule has 0 aromatic heterocycles. The first-order valence-electron chi connectivity index (χ1n) is 5.18. The third-order valence-electron chi connectivity index (χ3n) is 3.76. The van der Waals surface area contributed by atoms with Gasteiger partial charge in [0.25, 0.3) is 0 Å². The Labute approximate surface area is 81.2 Å². The maximum Gasteiger partial charge on any atom is 0.126 e. The van der Waals surface area contributed by atoms with Gasteiger partial charge in [-0.1, -0.05) is 39.2 Å². The minimum absolute atomic E-state index is 0.0465. The maximum absolute atomic E-state index is 11.2. The van der Waals surface area contributed by atoms with Gasteiger partial charge >= 0.3 is 0 Å². The Morgan fingerprint density at radius 1 is 1.23 bits per heavy atom. The Hall–Kier alpha value is -0.590. The molecule has 1 heteroatoms. The molecule has 0 N–H and O–H groups in total. The molecule has 0 spiro atoms. The molecule has 1 nitrogen and oxygen atoms in total. The minimum Gasteiger partial charge on any atom is -0.303 e. The monoisotopic (exact) mass is 180 g/mol. The van der Waals surface area contributed by atoms with Crippen LogP contribution in [0, 0.1) is 10.8 Å². The van der Waals surface area contributed by atoms with Gasteiger partial charge < -0.3 is 4.79 Å². The lowest BCUT2D eigenvalue weighted by Crippen LogP contribution is -2.39. The molecular weight excluding hydrogens is 160 g/mol. The number of carbonyl (C=O) groups is 1. The van der Waals surface area contributed by atoms with Gasteiger partial charge in [0.05, 0.1) is 0 Å². The van der Waals surface area contributed by atoms with Crippen molar-refractivity contribution in [1.82, 2.24) is 0 Å². The second-order valence-electron chi connectivity index (χ2n) is 4.76. The average Bonchev–Trinajstić information content (AvgIpc) is 2.18. The fourth-order valence-corrected chi connectivity index (χ4v) is 2.30. The molecule has 1 aliphatic rings. The maximum atomic E-state index is 11.2. The van der Waals surface area contributed by atoms with Crippen LogP contribution in [-0.2, 0) is 4.79 Å². The lowest BCUT2D eigenvalue weighted by molar-refractivity contribution is -0.123. The molecule has 1 aliphatic carbocycles. The average molecular weight is 180 g/mol. The lowest BCUT2D eigenvalue weighted by Gasteiger charge is -2.43. The van der Waals surface area contributed by atoms with Crippen LogP contribution in [0.25, 0.3) is 0 Å². The summed E-state index contributed by atoms with van der Waals surface area (Å²) in [5, 5.41) is 0. The fourth-order valence-electron chi connectivity index (χ4n) is 2.30. The molecule has 0 radical (unpaired) electrons. The van der Waals surface area contributed by atoms with E-state index in [4.69, 9.17) is 0 Å². The second kappa shape index (κ2) is 3.65. The highest BCUT2D eigenvalue weighted by molar-refractivity contribution is 5.61. The molecule has 0 heterocycles. The standard InChI is InChI=1S/C12H20O/c1-4-11(2,3)12(10-13)8-6-5-7-9-12/h4,10H,1,5-9H2,2-3H3. The Kier molecular flexibility index (Phi) is 2.94. The van der Waals surface area contributed by atoms with Crippen molar-refractivity contribution in [3.05, 3.63) is 12.7 Å². The second-order valence-corrected chi connectivity index (χ2v) is 4.76. The summed E-state index contributed by atoms with van der Waals surface area (Å²) in [6.07, 6.45) is 8.85. The van der Waals surface area contributed by atoms with Crippen molar-refractivity contribution in [3.63, 3.8) is 0 Å². The highest BCUT2D eigenvalue weighted by Gasteiger charge is 2.43. The summed E-state index contributed by atoms with van der Waals surface area (Å²) < 4.78 is 0. The third kappa shape index (κ3) is 1.70. The van der Waals surface area contributed by atoms with Crippen LogP contribution < -0.4 is 0 Å². The van der Waals surface area contributed by atoms with Crippen LogP contribution in [0.5, 0.6) is 0 Å². The zero-order chi connectivity index (χ0) is 9.95. The summed E-state index contributed by atoms with van der Waals surface area (Å²) in [6, 6.07) is 0. The van der Waals surface area contributed by atoms with Gasteiger partial charge in [0.1, 0.15) is 6.29 Å². The predicted molar refractivity (Wildman–Crippen MR) is 55.6 cm³/mol. The summed E-state index contributed by atoms with van der Waals surface area (Å²) in [6.45, 7) is 8.09. The molecular formula is C12H20O. The molecule has 13 heavy (non-hydrogen) atoms. The highest BCUT2D eigenvalue weighted by atomic mass is 16.1. The van der Waals surface area contributed by atoms with E-state index in [0.29, 0.717) is 0 Å². The van der Waals surface area contributed by atoms with Gasteiger partial charge in [0, 0.05) is 5.41 Å². The lowest BCUT2D eigenvalue weighted by atomic mass is 9.59. The van der Waals surface area contributed by atoms with Gasteiger partial charge in [0.15, 0.2) is 0 Å². The molecule has 1 rings (SSSR count). The van der Waals surface area contributed by atoms with E-state index in [1.807, 2.05) is 6.08 Å². The van der Waals surface area contributed by atoms with E-state index < -0.39 is 0 Å². The molecule has 1 saturated carbocycles. The van der Waals surface area contributed by atoms with Crippen molar-refractivity contribution < 1.29 is 4.79 Å². The molecule has 0 aliphatic heterocycles. The normalized spacial score (nSPS) is 22.3. The zero-order valence-electron chi connectivity index (χ0n) is 8.81. The number of aldehydes is 1. The number of allylic oxidation sites excluding steroid dienone is 1. The van der Waals surface area contributed by atoms with Crippen molar-refractivity contribution in [2.45, 2.75) is 46.0 Å². The first kappa shape index (κ1) is 10.5.